The Labute approximate surface area is 101 Å². The van der Waals surface area contributed by atoms with Crippen molar-refractivity contribution in [2.24, 2.45) is 0 Å². The third-order valence-corrected chi connectivity index (χ3v) is 2.91. The second-order valence-electron chi connectivity index (χ2n) is 4.05. The molecule has 1 aliphatic heterocycles. The SMILES string of the molecule is C#CC1(CO)CCC(n2cc(F)c(=O)[nH]c2=O)O1. The first kappa shape index (κ1) is 12.5. The molecule has 2 heterocycles. The number of H-pyrrole nitrogens is 1. The van der Waals surface area contributed by atoms with E-state index in [-0.39, 0.29) is 6.61 Å². The predicted molar refractivity (Wildman–Crippen MR) is 59.3 cm³/mol. The molecule has 2 N–H and O–H groups in total. The minimum atomic E-state index is -1.16. The first-order valence-electron chi connectivity index (χ1n) is 5.29. The van der Waals surface area contributed by atoms with Crippen LogP contribution < -0.4 is 11.2 Å². The van der Waals surface area contributed by atoms with Crippen LogP contribution in [0.4, 0.5) is 4.39 Å². The zero-order chi connectivity index (χ0) is 13.3. The van der Waals surface area contributed by atoms with Crippen LogP contribution in [-0.4, -0.2) is 26.9 Å². The van der Waals surface area contributed by atoms with Gasteiger partial charge in [0.05, 0.1) is 12.8 Å². The van der Waals surface area contributed by atoms with Crippen LogP contribution in [0.5, 0.6) is 0 Å². The highest BCUT2D eigenvalue weighted by Gasteiger charge is 2.39. The molecule has 2 atom stereocenters. The molecule has 2 unspecified atom stereocenters. The number of nitrogens with zero attached hydrogens (tertiary/aromatic N) is 1. The molecule has 1 fully saturated rings. The topological polar surface area (TPSA) is 84.3 Å². The van der Waals surface area contributed by atoms with Gasteiger partial charge in [-0.15, -0.1) is 6.42 Å². The van der Waals surface area contributed by atoms with Gasteiger partial charge in [0.25, 0.3) is 5.56 Å². The molecule has 7 heteroatoms. The average molecular weight is 254 g/mol. The van der Waals surface area contributed by atoms with E-state index >= 15 is 0 Å². The Kier molecular flexibility index (Phi) is 3.07. The molecule has 0 aromatic carbocycles. The lowest BCUT2D eigenvalue weighted by molar-refractivity contribution is -0.0652. The smallest absolute Gasteiger partial charge is 0.330 e. The van der Waals surface area contributed by atoms with Crippen LogP contribution in [0.2, 0.25) is 0 Å². The van der Waals surface area contributed by atoms with Crippen molar-refractivity contribution >= 4 is 0 Å². The fourth-order valence-corrected chi connectivity index (χ4v) is 1.87. The number of aliphatic hydroxyl groups is 1. The van der Waals surface area contributed by atoms with Crippen LogP contribution in [0.15, 0.2) is 15.8 Å². The molecule has 1 saturated heterocycles. The third kappa shape index (κ3) is 1.96. The van der Waals surface area contributed by atoms with Crippen LogP contribution >= 0.6 is 0 Å². The van der Waals surface area contributed by atoms with Crippen molar-refractivity contribution in [3.63, 3.8) is 0 Å². The Morgan fingerprint density at radius 1 is 1.72 bits per heavy atom. The number of terminal acetylenes is 1. The highest BCUT2D eigenvalue weighted by atomic mass is 19.1. The molecule has 1 aromatic heterocycles. The molecule has 0 saturated carbocycles. The highest BCUT2D eigenvalue weighted by molar-refractivity contribution is 5.11. The van der Waals surface area contributed by atoms with Gasteiger partial charge in [-0.2, -0.15) is 4.39 Å². The van der Waals surface area contributed by atoms with Crippen molar-refractivity contribution in [1.82, 2.24) is 9.55 Å². The second-order valence-corrected chi connectivity index (χ2v) is 4.05. The van der Waals surface area contributed by atoms with Crippen LogP contribution in [0.3, 0.4) is 0 Å². The normalized spacial score (nSPS) is 27.1. The van der Waals surface area contributed by atoms with E-state index in [1.54, 1.807) is 0 Å². The number of hydrogen-bond donors (Lipinski definition) is 2. The predicted octanol–water partition coefficient (Wildman–Crippen LogP) is -0.651. The summed E-state index contributed by atoms with van der Waals surface area (Å²) in [5.41, 5.74) is -3.02. The standard InChI is InChI=1S/C11H11FN2O4/c1-2-11(6-15)4-3-8(18-11)14-5-7(12)9(16)13-10(14)17/h1,5,8,15H,3-4,6H2,(H,13,16,17). The van der Waals surface area contributed by atoms with E-state index in [0.717, 1.165) is 10.8 Å². The van der Waals surface area contributed by atoms with Crippen molar-refractivity contribution in [3.8, 4) is 12.3 Å². The Balaban J connectivity index is 2.36. The average Bonchev–Trinajstić information content (AvgIpc) is 2.79. The fourth-order valence-electron chi connectivity index (χ4n) is 1.87. The van der Waals surface area contributed by atoms with Crippen molar-refractivity contribution in [2.45, 2.75) is 24.7 Å². The number of aromatic amines is 1. The highest BCUT2D eigenvalue weighted by Crippen LogP contribution is 2.34. The quantitative estimate of drug-likeness (QED) is 0.687. The summed E-state index contributed by atoms with van der Waals surface area (Å²) >= 11 is 0. The lowest BCUT2D eigenvalue weighted by atomic mass is 10.0. The van der Waals surface area contributed by atoms with Crippen LogP contribution in [-0.2, 0) is 4.74 Å². The Morgan fingerprint density at radius 2 is 2.44 bits per heavy atom. The molecule has 1 aliphatic rings. The molecule has 0 bridgehead atoms. The summed E-state index contributed by atoms with van der Waals surface area (Å²) in [6.45, 7) is -0.388. The van der Waals surface area contributed by atoms with Crippen molar-refractivity contribution in [1.29, 1.82) is 0 Å². The van der Waals surface area contributed by atoms with Gasteiger partial charge in [-0.3, -0.25) is 14.3 Å². The number of aromatic nitrogens is 2. The van der Waals surface area contributed by atoms with Gasteiger partial charge in [0.1, 0.15) is 6.23 Å². The van der Waals surface area contributed by atoms with Crippen molar-refractivity contribution in [2.75, 3.05) is 6.61 Å². The molecule has 0 amide bonds. The maximum absolute atomic E-state index is 13.1. The van der Waals surface area contributed by atoms with E-state index in [4.69, 9.17) is 16.3 Å². The Hall–Kier alpha value is -1.91. The molecule has 0 spiro atoms. The lowest BCUT2D eigenvalue weighted by Crippen LogP contribution is -2.36. The zero-order valence-corrected chi connectivity index (χ0v) is 9.35. The monoisotopic (exact) mass is 254 g/mol. The number of rotatable bonds is 2. The lowest BCUT2D eigenvalue weighted by Gasteiger charge is -2.21. The summed E-state index contributed by atoms with van der Waals surface area (Å²) in [5, 5.41) is 9.16. The van der Waals surface area contributed by atoms with E-state index in [0.29, 0.717) is 12.8 Å². The van der Waals surface area contributed by atoms with Gasteiger partial charge in [-0.1, -0.05) is 5.92 Å². The molecule has 2 rings (SSSR count). The first-order valence-corrected chi connectivity index (χ1v) is 5.29. The summed E-state index contributed by atoms with van der Waals surface area (Å²) in [7, 11) is 0. The molecule has 0 radical (unpaired) electrons. The Morgan fingerprint density at radius 3 is 3.00 bits per heavy atom. The number of hydrogen-bond acceptors (Lipinski definition) is 4. The minimum Gasteiger partial charge on any atom is -0.392 e. The number of halogens is 1. The Bertz CT molecular complexity index is 615. The second kappa shape index (κ2) is 4.40. The molecule has 0 aliphatic carbocycles. The minimum absolute atomic E-state index is 0.343. The van der Waals surface area contributed by atoms with Gasteiger partial charge in [-0.25, -0.2) is 4.79 Å². The number of aliphatic hydroxyl groups excluding tert-OH is 1. The summed E-state index contributed by atoms with van der Waals surface area (Å²) < 4.78 is 19.4. The maximum atomic E-state index is 13.1. The van der Waals surface area contributed by atoms with E-state index in [1.165, 1.54) is 0 Å². The van der Waals surface area contributed by atoms with Gasteiger partial charge in [0.15, 0.2) is 5.60 Å². The zero-order valence-electron chi connectivity index (χ0n) is 9.35. The largest absolute Gasteiger partial charge is 0.392 e. The number of ether oxygens (including phenoxy) is 1. The molecular formula is C11H11FN2O4. The molecular weight excluding hydrogens is 243 g/mol. The van der Waals surface area contributed by atoms with E-state index in [2.05, 4.69) is 5.92 Å². The molecule has 1 aromatic rings. The van der Waals surface area contributed by atoms with Gasteiger partial charge in [0.2, 0.25) is 5.82 Å². The summed E-state index contributed by atoms with van der Waals surface area (Å²) in [6, 6.07) is 0. The third-order valence-electron chi connectivity index (χ3n) is 2.91. The van der Waals surface area contributed by atoms with Gasteiger partial charge in [-0.05, 0) is 12.8 Å². The van der Waals surface area contributed by atoms with Crippen LogP contribution in [0.1, 0.15) is 19.1 Å². The maximum Gasteiger partial charge on any atom is 0.330 e. The fraction of sp³-hybridized carbons (Fsp3) is 0.455. The van der Waals surface area contributed by atoms with E-state index < -0.39 is 28.9 Å². The molecule has 96 valence electrons. The summed E-state index contributed by atoms with van der Waals surface area (Å²) in [6.07, 6.45) is 5.92. The van der Waals surface area contributed by atoms with Crippen molar-refractivity contribution < 1.29 is 14.2 Å². The van der Waals surface area contributed by atoms with Crippen LogP contribution in [0.25, 0.3) is 0 Å². The first-order chi connectivity index (χ1) is 8.51. The summed E-state index contributed by atoms with van der Waals surface area (Å²) in [4.78, 5) is 24.2. The van der Waals surface area contributed by atoms with Crippen molar-refractivity contribution in [3.05, 3.63) is 32.9 Å². The molecule has 18 heavy (non-hydrogen) atoms. The molecule has 6 nitrogen and oxygen atoms in total. The van der Waals surface area contributed by atoms with E-state index in [1.807, 2.05) is 4.98 Å². The van der Waals surface area contributed by atoms with Crippen LogP contribution in [0, 0.1) is 18.2 Å². The summed E-state index contributed by atoms with van der Waals surface area (Å²) in [5.74, 6) is 1.24. The van der Waals surface area contributed by atoms with Gasteiger partial charge < -0.3 is 9.84 Å². The van der Waals surface area contributed by atoms with E-state index in [9.17, 15) is 14.0 Å². The van der Waals surface area contributed by atoms with Gasteiger partial charge >= 0.3 is 5.69 Å². The van der Waals surface area contributed by atoms with Gasteiger partial charge in [0, 0.05) is 0 Å². The number of nitrogens with one attached hydrogen (secondary N) is 1.